The number of halogens is 4. The summed E-state index contributed by atoms with van der Waals surface area (Å²) in [7, 11) is 0. The van der Waals surface area contributed by atoms with E-state index in [4.69, 9.17) is 5.73 Å². The number of piperidine rings is 1. The van der Waals surface area contributed by atoms with Crippen molar-refractivity contribution in [2.24, 2.45) is 11.7 Å². The van der Waals surface area contributed by atoms with Gasteiger partial charge in [-0.25, -0.2) is 9.18 Å². The Labute approximate surface area is 198 Å². The van der Waals surface area contributed by atoms with Crippen LogP contribution in [-0.4, -0.2) is 52.1 Å². The number of aromatic nitrogens is 2. The lowest BCUT2D eigenvalue weighted by molar-refractivity contribution is -0.199. The molecule has 0 radical (unpaired) electrons. The van der Waals surface area contributed by atoms with Crippen molar-refractivity contribution in [3.8, 4) is 6.07 Å². The molecule has 2 unspecified atom stereocenters. The molecule has 1 aromatic heterocycles. The van der Waals surface area contributed by atoms with E-state index in [1.807, 2.05) is 0 Å². The molecule has 0 aliphatic carbocycles. The number of rotatable bonds is 7. The molecule has 13 heteroatoms. The third-order valence-electron chi connectivity index (χ3n) is 5.83. The van der Waals surface area contributed by atoms with Crippen LogP contribution in [0.4, 0.5) is 33.9 Å². The molecule has 0 bridgehead atoms. The molecular weight excluding hydrogens is 472 g/mol. The molecule has 1 aromatic carbocycles. The van der Waals surface area contributed by atoms with Crippen LogP contribution >= 0.6 is 0 Å². The zero-order valence-electron chi connectivity index (χ0n) is 18.8. The first-order valence-electron chi connectivity index (χ1n) is 10.8. The number of primary amides is 1. The fraction of sp³-hybridized carbons (Fsp3) is 0.455. The molecule has 9 nitrogen and oxygen atoms in total. The highest BCUT2D eigenvalue weighted by Crippen LogP contribution is 2.33. The summed E-state index contributed by atoms with van der Waals surface area (Å²) < 4.78 is 57.2. The number of nitrogens with zero attached hydrogens (tertiary/aromatic N) is 4. The smallest absolute Gasteiger partial charge is 0.425 e. The second kappa shape index (κ2) is 10.6. The van der Waals surface area contributed by atoms with Crippen molar-refractivity contribution >= 4 is 23.5 Å². The minimum atomic E-state index is -4.65. The lowest BCUT2D eigenvalue weighted by Gasteiger charge is -2.35. The molecule has 1 aliphatic heterocycles. The number of carbonyl (C=O) groups excluding carboxylic acids is 2. The van der Waals surface area contributed by atoms with Crippen molar-refractivity contribution in [3.05, 3.63) is 41.8 Å². The van der Waals surface area contributed by atoms with E-state index in [2.05, 4.69) is 21.2 Å². The monoisotopic (exact) mass is 496 g/mol. The highest BCUT2D eigenvalue weighted by Gasteiger charge is 2.40. The lowest BCUT2D eigenvalue weighted by Crippen LogP contribution is -2.43. The molecule has 1 aliphatic rings. The SMILES string of the molecule is CC(OC(=O)N1CCC(C(CC#N)n2cc(C(N)=O)c(Nc3ccc(F)cc3)n2)CC1)C(F)(F)F. The van der Waals surface area contributed by atoms with E-state index < -0.39 is 36.1 Å². The summed E-state index contributed by atoms with van der Waals surface area (Å²) >= 11 is 0. The summed E-state index contributed by atoms with van der Waals surface area (Å²) in [5, 5.41) is 16.7. The molecule has 0 spiro atoms. The van der Waals surface area contributed by atoms with Crippen LogP contribution in [0.5, 0.6) is 0 Å². The van der Waals surface area contributed by atoms with Gasteiger partial charge in [0.15, 0.2) is 11.9 Å². The van der Waals surface area contributed by atoms with E-state index in [0.717, 1.165) is 6.92 Å². The molecule has 2 heterocycles. The van der Waals surface area contributed by atoms with Crippen LogP contribution in [0, 0.1) is 23.1 Å². The number of amides is 2. The molecule has 3 rings (SSSR count). The van der Waals surface area contributed by atoms with Gasteiger partial charge in [-0.2, -0.15) is 23.5 Å². The normalized spacial score (nSPS) is 16.3. The van der Waals surface area contributed by atoms with Gasteiger partial charge in [0.25, 0.3) is 5.91 Å². The van der Waals surface area contributed by atoms with E-state index in [1.54, 1.807) is 0 Å². The number of likely N-dealkylation sites (tertiary alicyclic amines) is 1. The summed E-state index contributed by atoms with van der Waals surface area (Å²) in [5.74, 6) is -1.21. The molecule has 1 saturated heterocycles. The molecule has 0 saturated carbocycles. The Morgan fingerprint density at radius 1 is 1.29 bits per heavy atom. The molecular formula is C22H24F4N6O3. The molecule has 3 N–H and O–H groups in total. The highest BCUT2D eigenvalue weighted by atomic mass is 19.4. The number of benzene rings is 1. The zero-order chi connectivity index (χ0) is 25.8. The Kier molecular flexibility index (Phi) is 7.83. The number of nitrogens with two attached hydrogens (primary N) is 1. The molecule has 2 aromatic rings. The second-order valence-electron chi connectivity index (χ2n) is 8.19. The van der Waals surface area contributed by atoms with Crippen LogP contribution in [-0.2, 0) is 4.74 Å². The first-order valence-corrected chi connectivity index (χ1v) is 10.8. The van der Waals surface area contributed by atoms with Gasteiger partial charge in [-0.3, -0.25) is 9.48 Å². The second-order valence-corrected chi connectivity index (χ2v) is 8.19. The van der Waals surface area contributed by atoms with E-state index in [9.17, 15) is 32.4 Å². The Morgan fingerprint density at radius 3 is 2.46 bits per heavy atom. The van der Waals surface area contributed by atoms with Gasteiger partial charge >= 0.3 is 12.3 Å². The summed E-state index contributed by atoms with van der Waals surface area (Å²) in [5.41, 5.74) is 6.02. The molecule has 2 atom stereocenters. The van der Waals surface area contributed by atoms with Gasteiger partial charge in [0, 0.05) is 25.0 Å². The van der Waals surface area contributed by atoms with E-state index in [-0.39, 0.29) is 36.8 Å². The summed E-state index contributed by atoms with van der Waals surface area (Å²) in [6.45, 7) is 1.04. The maximum absolute atomic E-state index is 13.2. The number of hydrogen-bond acceptors (Lipinski definition) is 6. The van der Waals surface area contributed by atoms with Crippen molar-refractivity contribution in [2.45, 2.75) is 44.5 Å². The quantitative estimate of drug-likeness (QED) is 0.556. The van der Waals surface area contributed by atoms with Gasteiger partial charge in [-0.1, -0.05) is 0 Å². The van der Waals surface area contributed by atoms with Crippen molar-refractivity contribution in [3.63, 3.8) is 0 Å². The van der Waals surface area contributed by atoms with E-state index in [0.29, 0.717) is 18.5 Å². The first-order chi connectivity index (χ1) is 16.5. The lowest BCUT2D eigenvalue weighted by atomic mass is 9.88. The van der Waals surface area contributed by atoms with Crippen LogP contribution in [0.25, 0.3) is 0 Å². The largest absolute Gasteiger partial charge is 0.437 e. The number of anilines is 2. The number of ether oxygens (including phenoxy) is 1. The number of nitriles is 1. The standard InChI is InChI=1S/C22H24F4N6O3/c1-13(22(24,25)26)35-21(34)31-10-7-14(8-11-31)18(6-9-27)32-12-17(19(28)33)20(30-32)29-16-4-2-15(23)3-5-16/h2-5,12-14,18H,6-8,10-11H2,1H3,(H2,28,33)(H,29,30). The van der Waals surface area contributed by atoms with Crippen molar-refractivity contribution in [1.82, 2.24) is 14.7 Å². The average molecular weight is 496 g/mol. The predicted octanol–water partition coefficient (Wildman–Crippen LogP) is 4.12. The summed E-state index contributed by atoms with van der Waals surface area (Å²) in [6.07, 6.45) is -5.70. The van der Waals surface area contributed by atoms with Crippen LogP contribution < -0.4 is 11.1 Å². The van der Waals surface area contributed by atoms with Gasteiger partial charge in [0.1, 0.15) is 11.4 Å². The fourth-order valence-corrected chi connectivity index (χ4v) is 3.83. The Morgan fingerprint density at radius 2 is 1.91 bits per heavy atom. The van der Waals surface area contributed by atoms with Gasteiger partial charge in [0.05, 0.1) is 18.5 Å². The fourth-order valence-electron chi connectivity index (χ4n) is 3.83. The number of hydrogen-bond donors (Lipinski definition) is 2. The van der Waals surface area contributed by atoms with Crippen LogP contribution in [0.3, 0.4) is 0 Å². The van der Waals surface area contributed by atoms with Crippen LogP contribution in [0.15, 0.2) is 30.5 Å². The van der Waals surface area contributed by atoms with E-state index in [1.165, 1.54) is 40.0 Å². The number of alkyl halides is 3. The Balaban J connectivity index is 1.73. The average Bonchev–Trinajstić information content (AvgIpc) is 3.22. The molecule has 35 heavy (non-hydrogen) atoms. The maximum Gasteiger partial charge on any atom is 0.425 e. The number of nitrogens with one attached hydrogen (secondary N) is 1. The van der Waals surface area contributed by atoms with Crippen LogP contribution in [0.1, 0.15) is 42.6 Å². The minimum Gasteiger partial charge on any atom is -0.437 e. The Bertz CT molecular complexity index is 1090. The molecule has 188 valence electrons. The molecule has 1 fully saturated rings. The zero-order valence-corrected chi connectivity index (χ0v) is 18.8. The summed E-state index contributed by atoms with van der Waals surface area (Å²) in [6, 6.07) is 6.99. The third kappa shape index (κ3) is 6.40. The predicted molar refractivity (Wildman–Crippen MR) is 116 cm³/mol. The molecule has 2 amide bonds. The highest BCUT2D eigenvalue weighted by molar-refractivity contribution is 5.98. The maximum atomic E-state index is 13.2. The third-order valence-corrected chi connectivity index (χ3v) is 5.83. The van der Waals surface area contributed by atoms with Gasteiger partial charge < -0.3 is 20.7 Å². The van der Waals surface area contributed by atoms with Crippen molar-refractivity contribution in [2.75, 3.05) is 18.4 Å². The van der Waals surface area contributed by atoms with Gasteiger partial charge in [0.2, 0.25) is 0 Å². The van der Waals surface area contributed by atoms with Gasteiger partial charge in [-0.15, -0.1) is 0 Å². The number of carbonyl (C=O) groups is 2. The van der Waals surface area contributed by atoms with E-state index >= 15 is 0 Å². The Hall–Kier alpha value is -3.82. The van der Waals surface area contributed by atoms with Gasteiger partial charge in [-0.05, 0) is 49.9 Å². The van der Waals surface area contributed by atoms with Crippen molar-refractivity contribution < 1.29 is 31.9 Å². The van der Waals surface area contributed by atoms with Crippen molar-refractivity contribution in [1.29, 1.82) is 5.26 Å². The van der Waals surface area contributed by atoms with Crippen LogP contribution in [0.2, 0.25) is 0 Å². The summed E-state index contributed by atoms with van der Waals surface area (Å²) in [4.78, 5) is 25.3. The minimum absolute atomic E-state index is 0.0378. The first kappa shape index (κ1) is 25.8. The topological polar surface area (TPSA) is 126 Å².